The molecule has 0 saturated heterocycles. The Hall–Kier alpha value is -1.08. The van der Waals surface area contributed by atoms with Gasteiger partial charge in [-0.2, -0.15) is 11.8 Å². The number of thioether (sulfide) groups is 1. The number of thiazole rings is 1. The van der Waals surface area contributed by atoms with Gasteiger partial charge in [0.2, 0.25) is 5.91 Å². The smallest absolute Gasteiger partial charge is 0.327 e. The Balaban J connectivity index is 2.29. The molecule has 5 nitrogen and oxygen atoms in total. The van der Waals surface area contributed by atoms with Crippen LogP contribution in [0, 0.1) is 6.92 Å². The van der Waals surface area contributed by atoms with Gasteiger partial charge in [-0.3, -0.25) is 4.79 Å². The lowest BCUT2D eigenvalue weighted by Crippen LogP contribution is -2.41. The second-order valence-electron chi connectivity index (χ2n) is 3.78. The lowest BCUT2D eigenvalue weighted by molar-refractivity contribution is -0.140. The minimum Gasteiger partial charge on any atom is -0.480 e. The quantitative estimate of drug-likeness (QED) is 0.740. The molecule has 0 bridgehead atoms. The van der Waals surface area contributed by atoms with Crippen LogP contribution in [0.15, 0.2) is 5.51 Å². The fourth-order valence-electron chi connectivity index (χ4n) is 1.35. The van der Waals surface area contributed by atoms with Crippen molar-refractivity contribution >= 4 is 35.0 Å². The van der Waals surface area contributed by atoms with E-state index in [0.717, 1.165) is 17.9 Å². The van der Waals surface area contributed by atoms with E-state index in [-0.39, 0.29) is 5.91 Å². The third-order valence-electron chi connectivity index (χ3n) is 2.28. The normalized spacial score (nSPS) is 12.1. The molecule has 0 unspecified atom stereocenters. The Morgan fingerprint density at radius 3 is 2.83 bits per heavy atom. The zero-order chi connectivity index (χ0) is 13.5. The monoisotopic (exact) mass is 288 g/mol. The first-order valence-corrected chi connectivity index (χ1v) is 7.50. The topological polar surface area (TPSA) is 79.3 Å². The van der Waals surface area contributed by atoms with Crippen molar-refractivity contribution in [3.05, 3.63) is 16.1 Å². The summed E-state index contributed by atoms with van der Waals surface area (Å²) in [6.45, 7) is 3.29. The summed E-state index contributed by atoms with van der Waals surface area (Å²) in [5.74, 6) is -0.105. The lowest BCUT2D eigenvalue weighted by Gasteiger charge is -2.12. The molecule has 1 aromatic rings. The van der Waals surface area contributed by atoms with E-state index in [0.29, 0.717) is 5.75 Å². The number of carbonyl (C=O) groups is 2. The lowest BCUT2D eigenvalue weighted by atomic mass is 10.3. The van der Waals surface area contributed by atoms with Crippen LogP contribution in [-0.2, 0) is 16.0 Å². The molecule has 0 aliphatic carbocycles. The van der Waals surface area contributed by atoms with Crippen molar-refractivity contribution in [2.45, 2.75) is 26.3 Å². The number of nitrogens with zero attached hydrogens (tertiary/aromatic N) is 1. The number of aliphatic carboxylic acids is 1. The van der Waals surface area contributed by atoms with Crippen molar-refractivity contribution < 1.29 is 14.7 Å². The number of hydrogen-bond acceptors (Lipinski definition) is 5. The highest BCUT2D eigenvalue weighted by Gasteiger charge is 2.17. The molecule has 1 aromatic heterocycles. The Bertz CT molecular complexity index is 420. The minimum atomic E-state index is -0.994. The van der Waals surface area contributed by atoms with Gasteiger partial charge in [-0.05, 0) is 19.1 Å². The molecule has 18 heavy (non-hydrogen) atoms. The van der Waals surface area contributed by atoms with Crippen LogP contribution < -0.4 is 5.32 Å². The summed E-state index contributed by atoms with van der Waals surface area (Å²) in [6.07, 6.45) is 0.883. The molecule has 0 saturated carbocycles. The highest BCUT2D eigenvalue weighted by molar-refractivity contribution is 7.99. The number of aryl methyl sites for hydroxylation is 2. The summed E-state index contributed by atoms with van der Waals surface area (Å²) in [5.41, 5.74) is 2.85. The maximum atomic E-state index is 10.9. The zero-order valence-electron chi connectivity index (χ0n) is 10.3. The maximum absolute atomic E-state index is 10.9. The van der Waals surface area contributed by atoms with E-state index >= 15 is 0 Å². The van der Waals surface area contributed by atoms with Crippen LogP contribution >= 0.6 is 23.1 Å². The van der Waals surface area contributed by atoms with Crippen molar-refractivity contribution in [1.29, 1.82) is 0 Å². The molecule has 0 spiro atoms. The summed E-state index contributed by atoms with van der Waals surface area (Å²) < 4.78 is 0. The van der Waals surface area contributed by atoms with Gasteiger partial charge in [-0.15, -0.1) is 11.3 Å². The molecular formula is C11H16N2O3S2. The van der Waals surface area contributed by atoms with E-state index < -0.39 is 12.0 Å². The largest absolute Gasteiger partial charge is 0.480 e. The van der Waals surface area contributed by atoms with Crippen molar-refractivity contribution in [1.82, 2.24) is 10.3 Å². The Morgan fingerprint density at radius 2 is 2.33 bits per heavy atom. The van der Waals surface area contributed by atoms with Gasteiger partial charge in [0.15, 0.2) is 0 Å². The molecule has 0 aromatic carbocycles. The summed E-state index contributed by atoms with van der Waals surface area (Å²) >= 11 is 3.14. The summed E-state index contributed by atoms with van der Waals surface area (Å²) in [7, 11) is 0. The first-order valence-electron chi connectivity index (χ1n) is 5.47. The summed E-state index contributed by atoms with van der Waals surface area (Å²) in [4.78, 5) is 27.1. The van der Waals surface area contributed by atoms with E-state index in [4.69, 9.17) is 5.11 Å². The van der Waals surface area contributed by atoms with E-state index in [2.05, 4.69) is 10.3 Å². The molecule has 1 atom stereocenters. The standard InChI is InChI=1S/C11H16N2O3S2/c1-7-10(18-6-12-7)3-4-17-5-9(11(15)16)13-8(2)14/h6,9H,3-5H2,1-2H3,(H,13,14)(H,15,16)/t9-/m0/s1. The third-order valence-corrected chi connectivity index (χ3v) is 4.34. The molecule has 0 radical (unpaired) electrons. The van der Waals surface area contributed by atoms with Crippen LogP contribution in [-0.4, -0.2) is 39.5 Å². The number of hydrogen-bond donors (Lipinski definition) is 2. The van der Waals surface area contributed by atoms with Crippen molar-refractivity contribution in [2.24, 2.45) is 0 Å². The molecule has 1 rings (SSSR count). The summed E-state index contributed by atoms with van der Waals surface area (Å²) in [6, 6.07) is -0.810. The highest BCUT2D eigenvalue weighted by Crippen LogP contribution is 2.15. The summed E-state index contributed by atoms with van der Waals surface area (Å²) in [5, 5.41) is 11.3. The number of carboxylic acids is 1. The molecule has 1 heterocycles. The molecule has 2 N–H and O–H groups in total. The van der Waals surface area contributed by atoms with Crippen molar-refractivity contribution in [2.75, 3.05) is 11.5 Å². The second-order valence-corrected chi connectivity index (χ2v) is 5.87. The molecule has 0 aliphatic rings. The van der Waals surface area contributed by atoms with Gasteiger partial charge < -0.3 is 10.4 Å². The van der Waals surface area contributed by atoms with E-state index in [1.165, 1.54) is 23.6 Å². The van der Waals surface area contributed by atoms with Crippen LogP contribution in [0.5, 0.6) is 0 Å². The highest BCUT2D eigenvalue weighted by atomic mass is 32.2. The SMILES string of the molecule is CC(=O)N[C@@H](CSCCc1scnc1C)C(=O)O. The molecular weight excluding hydrogens is 272 g/mol. The Labute approximate surface area is 114 Å². The molecule has 7 heteroatoms. The van der Waals surface area contributed by atoms with E-state index in [9.17, 15) is 9.59 Å². The second kappa shape index (κ2) is 7.38. The number of nitrogens with one attached hydrogen (secondary N) is 1. The van der Waals surface area contributed by atoms with Crippen molar-refractivity contribution in [3.8, 4) is 0 Å². The molecule has 100 valence electrons. The molecule has 0 fully saturated rings. The van der Waals surface area contributed by atoms with Gasteiger partial charge in [-0.25, -0.2) is 9.78 Å². The predicted octanol–water partition coefficient (Wildman–Crippen LogP) is 1.32. The predicted molar refractivity (Wildman–Crippen MR) is 73.1 cm³/mol. The van der Waals surface area contributed by atoms with Crippen LogP contribution in [0.2, 0.25) is 0 Å². The Kier molecular flexibility index (Phi) is 6.14. The first-order chi connectivity index (χ1) is 8.50. The van der Waals surface area contributed by atoms with Crippen LogP contribution in [0.1, 0.15) is 17.5 Å². The molecule has 1 amide bonds. The third kappa shape index (κ3) is 5.05. The van der Waals surface area contributed by atoms with E-state index in [1.807, 2.05) is 12.4 Å². The van der Waals surface area contributed by atoms with Gasteiger partial charge >= 0.3 is 5.97 Å². The number of rotatable bonds is 7. The van der Waals surface area contributed by atoms with Crippen molar-refractivity contribution in [3.63, 3.8) is 0 Å². The zero-order valence-corrected chi connectivity index (χ0v) is 11.9. The minimum absolute atomic E-state index is 0.318. The van der Waals surface area contributed by atoms with Crippen LogP contribution in [0.3, 0.4) is 0 Å². The van der Waals surface area contributed by atoms with Crippen LogP contribution in [0.4, 0.5) is 0 Å². The number of carbonyl (C=O) groups excluding carboxylic acids is 1. The fraction of sp³-hybridized carbons (Fsp3) is 0.545. The van der Waals surface area contributed by atoms with Gasteiger partial charge in [0.1, 0.15) is 6.04 Å². The van der Waals surface area contributed by atoms with Gasteiger partial charge in [0.25, 0.3) is 0 Å². The van der Waals surface area contributed by atoms with Crippen LogP contribution in [0.25, 0.3) is 0 Å². The average molecular weight is 288 g/mol. The van der Waals surface area contributed by atoms with Gasteiger partial charge in [0.05, 0.1) is 11.2 Å². The Morgan fingerprint density at radius 1 is 1.61 bits per heavy atom. The maximum Gasteiger partial charge on any atom is 0.327 e. The number of amides is 1. The van der Waals surface area contributed by atoms with Gasteiger partial charge in [0, 0.05) is 17.6 Å². The van der Waals surface area contributed by atoms with Gasteiger partial charge in [-0.1, -0.05) is 0 Å². The number of carboxylic acid groups (broad SMARTS) is 1. The first kappa shape index (κ1) is 15.0. The van der Waals surface area contributed by atoms with E-state index in [1.54, 1.807) is 11.3 Å². The fourth-order valence-corrected chi connectivity index (χ4v) is 3.24. The average Bonchev–Trinajstić information content (AvgIpc) is 2.68. The number of aromatic nitrogens is 1. The molecule has 0 aliphatic heterocycles.